The molecule has 0 saturated carbocycles. The fraction of sp³-hybridized carbons (Fsp3) is 0.250. The fourth-order valence-electron chi connectivity index (χ4n) is 2.87. The second-order valence-corrected chi connectivity index (χ2v) is 8.64. The van der Waals surface area contributed by atoms with Gasteiger partial charge in [0.25, 0.3) is 0 Å². The van der Waals surface area contributed by atoms with Crippen molar-refractivity contribution in [2.24, 2.45) is 0 Å². The number of anilines is 1. The highest BCUT2D eigenvalue weighted by atomic mass is 35.5. The Morgan fingerprint density at radius 3 is 2.67 bits per heavy atom. The lowest BCUT2D eigenvalue weighted by Crippen LogP contribution is -2.26. The first kappa shape index (κ1) is 19.6. The number of hydrogen-bond acceptors (Lipinski definition) is 4. The molecule has 142 valence electrons. The van der Waals surface area contributed by atoms with Crippen LogP contribution in [0.25, 0.3) is 10.9 Å². The number of hydrogen-bond donors (Lipinski definition) is 2. The molecule has 0 aliphatic heterocycles. The molecule has 0 amide bonds. The third-order valence-electron chi connectivity index (χ3n) is 4.30. The highest BCUT2D eigenvalue weighted by molar-refractivity contribution is 7.89. The van der Waals surface area contributed by atoms with Gasteiger partial charge in [-0.25, -0.2) is 13.1 Å². The summed E-state index contributed by atoms with van der Waals surface area (Å²) < 4.78 is 27.7. The molecule has 3 aromatic rings. The molecule has 3 rings (SSSR count). The summed E-state index contributed by atoms with van der Waals surface area (Å²) in [5.74, 6) is 0. The summed E-state index contributed by atoms with van der Waals surface area (Å²) in [4.78, 5) is 4.65. The Balaban J connectivity index is 1.57. The molecule has 0 radical (unpaired) electrons. The van der Waals surface area contributed by atoms with Gasteiger partial charge >= 0.3 is 0 Å². The number of fused-ring (bicyclic) bond motifs is 1. The van der Waals surface area contributed by atoms with Crippen LogP contribution in [0.5, 0.6) is 0 Å². The van der Waals surface area contributed by atoms with Gasteiger partial charge in [0.15, 0.2) is 0 Å². The van der Waals surface area contributed by atoms with Crippen LogP contribution in [0.4, 0.5) is 5.69 Å². The lowest BCUT2D eigenvalue weighted by Gasteiger charge is -2.12. The molecule has 0 aliphatic rings. The molecule has 0 unspecified atom stereocenters. The van der Waals surface area contributed by atoms with Crippen molar-refractivity contribution in [3.63, 3.8) is 0 Å². The minimum absolute atomic E-state index is 0.340. The number of pyridine rings is 1. The third kappa shape index (κ3) is 4.77. The standard InChI is InChI=1S/C20H22ClN3O2S/c1-14-4-5-15(2)20(12-14)27(25,26)24-10-3-9-22-18-8-11-23-19-13-16(21)6-7-17(18)19/h4-8,11-13,24H,3,9-10H2,1-2H3,(H,22,23). The van der Waals surface area contributed by atoms with Gasteiger partial charge in [0, 0.05) is 35.4 Å². The molecule has 0 atom stereocenters. The molecule has 0 spiro atoms. The summed E-state index contributed by atoms with van der Waals surface area (Å²) in [6, 6.07) is 12.9. The number of halogens is 1. The lowest BCUT2D eigenvalue weighted by atomic mass is 10.2. The molecule has 7 heteroatoms. The molecule has 1 heterocycles. The summed E-state index contributed by atoms with van der Waals surface area (Å²) >= 11 is 6.01. The lowest BCUT2D eigenvalue weighted by molar-refractivity contribution is 0.579. The Hall–Kier alpha value is -2.15. The number of aryl methyl sites for hydroxylation is 2. The zero-order chi connectivity index (χ0) is 19.4. The molecular formula is C20H22ClN3O2S. The maximum atomic E-state index is 12.5. The number of nitrogens with one attached hydrogen (secondary N) is 2. The van der Waals surface area contributed by atoms with E-state index in [0.717, 1.165) is 27.7 Å². The zero-order valence-corrected chi connectivity index (χ0v) is 16.9. The summed E-state index contributed by atoms with van der Waals surface area (Å²) in [6.45, 7) is 4.68. The molecule has 0 aliphatic carbocycles. The van der Waals surface area contributed by atoms with Crippen LogP contribution < -0.4 is 10.0 Å². The molecule has 2 N–H and O–H groups in total. The first-order chi connectivity index (χ1) is 12.9. The molecule has 0 saturated heterocycles. The van der Waals surface area contributed by atoms with Gasteiger partial charge < -0.3 is 5.32 Å². The van der Waals surface area contributed by atoms with Gasteiger partial charge in [-0.15, -0.1) is 0 Å². The summed E-state index contributed by atoms with van der Waals surface area (Å²) in [5.41, 5.74) is 3.44. The Kier molecular flexibility index (Phi) is 5.99. The first-order valence-electron chi connectivity index (χ1n) is 8.72. The van der Waals surface area contributed by atoms with Crippen molar-refractivity contribution < 1.29 is 8.42 Å². The quantitative estimate of drug-likeness (QED) is 0.577. The van der Waals surface area contributed by atoms with Crippen LogP contribution in [0.2, 0.25) is 5.02 Å². The molecule has 2 aromatic carbocycles. The van der Waals surface area contributed by atoms with E-state index in [9.17, 15) is 8.42 Å². The van der Waals surface area contributed by atoms with Gasteiger partial charge in [-0.3, -0.25) is 4.98 Å². The summed E-state index contributed by atoms with van der Waals surface area (Å²) in [6.07, 6.45) is 2.38. The maximum Gasteiger partial charge on any atom is 0.240 e. The minimum atomic E-state index is -3.50. The predicted octanol–water partition coefficient (Wildman–Crippen LogP) is 4.29. The first-order valence-corrected chi connectivity index (χ1v) is 10.6. The van der Waals surface area contributed by atoms with Gasteiger partial charge in [0.1, 0.15) is 0 Å². The van der Waals surface area contributed by atoms with E-state index in [-0.39, 0.29) is 0 Å². The van der Waals surface area contributed by atoms with Gasteiger partial charge in [-0.1, -0.05) is 23.7 Å². The zero-order valence-electron chi connectivity index (χ0n) is 15.3. The Morgan fingerprint density at radius 1 is 1.04 bits per heavy atom. The van der Waals surface area contributed by atoms with Gasteiger partial charge in [0.2, 0.25) is 10.0 Å². The SMILES string of the molecule is Cc1ccc(C)c(S(=O)(=O)NCCCNc2ccnc3cc(Cl)ccc23)c1. The molecule has 0 bridgehead atoms. The van der Waals surface area contributed by atoms with Crippen molar-refractivity contribution in [3.05, 3.63) is 64.8 Å². The largest absolute Gasteiger partial charge is 0.384 e. The van der Waals surface area contributed by atoms with E-state index in [0.29, 0.717) is 29.4 Å². The van der Waals surface area contributed by atoms with Crippen LogP contribution in [-0.4, -0.2) is 26.5 Å². The Morgan fingerprint density at radius 2 is 1.85 bits per heavy atom. The Labute approximate surface area is 164 Å². The number of rotatable bonds is 7. The van der Waals surface area contributed by atoms with Crippen molar-refractivity contribution in [2.45, 2.75) is 25.2 Å². The van der Waals surface area contributed by atoms with E-state index in [1.165, 1.54) is 0 Å². The monoisotopic (exact) mass is 403 g/mol. The number of benzene rings is 2. The van der Waals surface area contributed by atoms with Crippen LogP contribution in [0.15, 0.2) is 53.6 Å². The number of aromatic nitrogens is 1. The highest BCUT2D eigenvalue weighted by Gasteiger charge is 2.16. The van der Waals surface area contributed by atoms with E-state index in [1.54, 1.807) is 19.2 Å². The van der Waals surface area contributed by atoms with E-state index < -0.39 is 10.0 Å². The van der Waals surface area contributed by atoms with Gasteiger partial charge in [0.05, 0.1) is 10.4 Å². The molecule has 0 fully saturated rings. The van der Waals surface area contributed by atoms with Crippen molar-refractivity contribution in [3.8, 4) is 0 Å². The van der Waals surface area contributed by atoms with Gasteiger partial charge in [-0.05, 0) is 61.7 Å². The van der Waals surface area contributed by atoms with E-state index in [2.05, 4.69) is 15.0 Å². The predicted molar refractivity (Wildman–Crippen MR) is 111 cm³/mol. The molecular weight excluding hydrogens is 382 g/mol. The summed E-state index contributed by atoms with van der Waals surface area (Å²) in [5, 5.41) is 4.97. The topological polar surface area (TPSA) is 71.1 Å². The molecule has 5 nitrogen and oxygen atoms in total. The van der Waals surface area contributed by atoms with Crippen LogP contribution in [0.1, 0.15) is 17.5 Å². The van der Waals surface area contributed by atoms with Gasteiger partial charge in [-0.2, -0.15) is 0 Å². The summed E-state index contributed by atoms with van der Waals surface area (Å²) in [7, 11) is -3.50. The van der Waals surface area contributed by atoms with Crippen molar-refractivity contribution >= 4 is 38.2 Å². The normalized spacial score (nSPS) is 11.7. The van der Waals surface area contributed by atoms with Crippen LogP contribution in [-0.2, 0) is 10.0 Å². The smallest absolute Gasteiger partial charge is 0.240 e. The average molecular weight is 404 g/mol. The van der Waals surface area contributed by atoms with E-state index in [1.807, 2.05) is 43.3 Å². The molecule has 27 heavy (non-hydrogen) atoms. The Bertz CT molecular complexity index is 1070. The van der Waals surface area contributed by atoms with Crippen LogP contribution in [0.3, 0.4) is 0 Å². The van der Waals surface area contributed by atoms with Crippen molar-refractivity contribution in [2.75, 3.05) is 18.4 Å². The third-order valence-corrected chi connectivity index (χ3v) is 6.14. The second kappa shape index (κ2) is 8.25. The number of nitrogens with zero attached hydrogens (tertiary/aromatic N) is 1. The van der Waals surface area contributed by atoms with E-state index in [4.69, 9.17) is 11.6 Å². The fourth-order valence-corrected chi connectivity index (χ4v) is 4.44. The average Bonchev–Trinajstić information content (AvgIpc) is 2.63. The van der Waals surface area contributed by atoms with Crippen molar-refractivity contribution in [1.82, 2.24) is 9.71 Å². The molecule has 1 aromatic heterocycles. The van der Waals surface area contributed by atoms with Crippen molar-refractivity contribution in [1.29, 1.82) is 0 Å². The second-order valence-electron chi connectivity index (χ2n) is 6.47. The minimum Gasteiger partial charge on any atom is -0.384 e. The van der Waals surface area contributed by atoms with E-state index >= 15 is 0 Å². The maximum absolute atomic E-state index is 12.5. The number of sulfonamides is 1. The highest BCUT2D eigenvalue weighted by Crippen LogP contribution is 2.24. The van der Waals surface area contributed by atoms with Crippen LogP contribution in [0, 0.1) is 13.8 Å². The van der Waals surface area contributed by atoms with Crippen LogP contribution >= 0.6 is 11.6 Å².